The van der Waals surface area contributed by atoms with Crippen molar-refractivity contribution in [1.29, 1.82) is 0 Å². The van der Waals surface area contributed by atoms with Crippen molar-refractivity contribution in [1.82, 2.24) is 0 Å². The minimum Gasteiger partial charge on any atom is -0.466 e. The van der Waals surface area contributed by atoms with Crippen LogP contribution in [-0.2, 0) is 4.74 Å². The lowest BCUT2D eigenvalue weighted by Gasteiger charge is -2.26. The Hall–Kier alpha value is -2.42. The van der Waals surface area contributed by atoms with Gasteiger partial charge in [-0.25, -0.2) is 0 Å². The standard InChI is InChI=1S/C19H18O3/c1-11-9-12(10-15(22-11)19(2,3)4)16-17(20)13-7-5-6-8-14(13)18(16)21/h5-10H,1-4H3. The third kappa shape index (κ3) is 2.23. The molecule has 0 N–H and O–H groups in total. The number of carbonyl (C=O) groups is 2. The van der Waals surface area contributed by atoms with Crippen molar-refractivity contribution in [3.8, 4) is 0 Å². The molecule has 0 saturated carbocycles. The molecule has 0 atom stereocenters. The second-order valence-electron chi connectivity index (χ2n) is 6.65. The molecule has 3 rings (SSSR count). The number of carbonyl (C=O) groups excluding carboxylic acids is 2. The number of allylic oxidation sites excluding steroid dienone is 6. The summed E-state index contributed by atoms with van der Waals surface area (Å²) in [4.78, 5) is 25.2. The number of ketones is 2. The second-order valence-corrected chi connectivity index (χ2v) is 6.65. The van der Waals surface area contributed by atoms with E-state index in [1.54, 1.807) is 30.3 Å². The quantitative estimate of drug-likeness (QED) is 0.531. The van der Waals surface area contributed by atoms with Gasteiger partial charge in [0.25, 0.3) is 0 Å². The molecule has 2 aliphatic rings. The van der Waals surface area contributed by atoms with Crippen molar-refractivity contribution < 1.29 is 14.3 Å². The lowest BCUT2D eigenvalue weighted by Crippen LogP contribution is -2.16. The monoisotopic (exact) mass is 294 g/mol. The van der Waals surface area contributed by atoms with E-state index in [0.717, 1.165) is 5.76 Å². The van der Waals surface area contributed by atoms with Gasteiger partial charge in [-0.3, -0.25) is 9.59 Å². The largest absolute Gasteiger partial charge is 0.466 e. The highest BCUT2D eigenvalue weighted by Crippen LogP contribution is 2.36. The van der Waals surface area contributed by atoms with Crippen LogP contribution >= 0.6 is 0 Å². The van der Waals surface area contributed by atoms with Crippen LogP contribution in [0.4, 0.5) is 0 Å². The Morgan fingerprint density at radius 3 is 1.95 bits per heavy atom. The van der Waals surface area contributed by atoms with Crippen molar-refractivity contribution >= 4 is 11.6 Å². The molecule has 1 aliphatic carbocycles. The minimum atomic E-state index is -0.203. The van der Waals surface area contributed by atoms with Gasteiger partial charge in [-0.15, -0.1) is 0 Å². The van der Waals surface area contributed by atoms with Gasteiger partial charge >= 0.3 is 0 Å². The molecule has 0 saturated heterocycles. The molecular formula is C19H18O3. The highest BCUT2D eigenvalue weighted by Gasteiger charge is 2.35. The van der Waals surface area contributed by atoms with Gasteiger partial charge < -0.3 is 4.74 Å². The van der Waals surface area contributed by atoms with Crippen molar-refractivity contribution in [2.75, 3.05) is 0 Å². The number of benzene rings is 1. The molecule has 1 aliphatic heterocycles. The van der Waals surface area contributed by atoms with Crippen LogP contribution in [0.25, 0.3) is 0 Å². The Bertz CT molecular complexity index is 746. The van der Waals surface area contributed by atoms with E-state index in [4.69, 9.17) is 4.74 Å². The molecule has 1 heterocycles. The normalized spacial score (nSPS) is 18.0. The summed E-state index contributed by atoms with van der Waals surface area (Å²) in [7, 11) is 0. The molecule has 3 nitrogen and oxygen atoms in total. The van der Waals surface area contributed by atoms with Crippen LogP contribution in [0.1, 0.15) is 48.4 Å². The molecule has 3 heteroatoms. The average molecular weight is 294 g/mol. The Morgan fingerprint density at radius 2 is 1.45 bits per heavy atom. The fraction of sp³-hybridized carbons (Fsp3) is 0.263. The lowest BCUT2D eigenvalue weighted by atomic mass is 9.89. The summed E-state index contributed by atoms with van der Waals surface area (Å²) in [5.74, 6) is 1.04. The Balaban J connectivity index is 2.19. The zero-order valence-corrected chi connectivity index (χ0v) is 13.2. The molecule has 0 bridgehead atoms. The first-order valence-corrected chi connectivity index (χ1v) is 7.30. The number of hydrogen-bond donors (Lipinski definition) is 0. The maximum Gasteiger partial charge on any atom is 0.198 e. The Labute approximate surface area is 130 Å². The number of rotatable bonds is 0. The van der Waals surface area contributed by atoms with E-state index >= 15 is 0 Å². The van der Waals surface area contributed by atoms with Crippen LogP contribution in [0.5, 0.6) is 0 Å². The highest BCUT2D eigenvalue weighted by molar-refractivity contribution is 6.40. The number of fused-ring (bicyclic) bond motifs is 1. The van der Waals surface area contributed by atoms with Gasteiger partial charge in [0.05, 0.1) is 5.57 Å². The van der Waals surface area contributed by atoms with E-state index in [1.807, 2.05) is 33.8 Å². The molecule has 0 unspecified atom stereocenters. The fourth-order valence-corrected chi connectivity index (χ4v) is 2.66. The van der Waals surface area contributed by atoms with Crippen molar-refractivity contribution in [2.45, 2.75) is 27.7 Å². The third-order valence-electron chi connectivity index (χ3n) is 3.81. The molecule has 0 fully saturated rings. The van der Waals surface area contributed by atoms with Crippen molar-refractivity contribution in [3.63, 3.8) is 0 Å². The minimum absolute atomic E-state index is 0.196. The zero-order valence-electron chi connectivity index (χ0n) is 13.2. The van der Waals surface area contributed by atoms with Gasteiger partial charge in [-0.1, -0.05) is 45.0 Å². The number of hydrogen-bond acceptors (Lipinski definition) is 3. The van der Waals surface area contributed by atoms with Crippen LogP contribution in [0.2, 0.25) is 0 Å². The van der Waals surface area contributed by atoms with Crippen LogP contribution < -0.4 is 0 Å². The summed E-state index contributed by atoms with van der Waals surface area (Å²) in [5.41, 5.74) is 1.65. The van der Waals surface area contributed by atoms with Gasteiger partial charge in [0, 0.05) is 16.5 Å². The smallest absolute Gasteiger partial charge is 0.198 e. The summed E-state index contributed by atoms with van der Waals surface area (Å²) in [5, 5.41) is 0. The molecule has 22 heavy (non-hydrogen) atoms. The van der Waals surface area contributed by atoms with E-state index < -0.39 is 0 Å². The number of Topliss-reactive ketones (excluding diaryl/α,β-unsaturated/α-hetero) is 2. The molecule has 1 aromatic rings. The lowest BCUT2D eigenvalue weighted by molar-refractivity contribution is 0.0987. The topological polar surface area (TPSA) is 43.4 Å². The molecular weight excluding hydrogens is 276 g/mol. The first-order chi connectivity index (χ1) is 10.3. The maximum atomic E-state index is 12.6. The fourth-order valence-electron chi connectivity index (χ4n) is 2.66. The van der Waals surface area contributed by atoms with Gasteiger partial charge in [0.1, 0.15) is 11.5 Å². The summed E-state index contributed by atoms with van der Waals surface area (Å²) in [6, 6.07) is 6.96. The van der Waals surface area contributed by atoms with E-state index in [0.29, 0.717) is 22.5 Å². The maximum absolute atomic E-state index is 12.6. The van der Waals surface area contributed by atoms with Crippen LogP contribution in [0.15, 0.2) is 59.1 Å². The number of ether oxygens (including phenoxy) is 1. The molecule has 112 valence electrons. The van der Waals surface area contributed by atoms with Gasteiger partial charge in [0.2, 0.25) is 0 Å². The first kappa shape index (κ1) is 14.5. The van der Waals surface area contributed by atoms with E-state index in [-0.39, 0.29) is 22.6 Å². The predicted molar refractivity (Wildman–Crippen MR) is 84.5 cm³/mol. The van der Waals surface area contributed by atoms with Crippen LogP contribution in [-0.4, -0.2) is 11.6 Å². The molecule has 0 radical (unpaired) electrons. The predicted octanol–water partition coefficient (Wildman–Crippen LogP) is 4.23. The summed E-state index contributed by atoms with van der Waals surface area (Å²) in [6.07, 6.45) is 3.57. The Morgan fingerprint density at radius 1 is 0.909 bits per heavy atom. The van der Waals surface area contributed by atoms with Crippen molar-refractivity contribution in [2.24, 2.45) is 5.41 Å². The van der Waals surface area contributed by atoms with Crippen LogP contribution in [0, 0.1) is 5.41 Å². The molecule has 1 aromatic carbocycles. The first-order valence-electron chi connectivity index (χ1n) is 7.30. The molecule has 0 amide bonds. The van der Waals surface area contributed by atoms with Gasteiger partial charge in [-0.05, 0) is 24.6 Å². The summed E-state index contributed by atoms with van der Waals surface area (Å²) in [6.45, 7) is 7.93. The zero-order chi connectivity index (χ0) is 16.1. The summed E-state index contributed by atoms with van der Waals surface area (Å²) >= 11 is 0. The van der Waals surface area contributed by atoms with E-state index in [2.05, 4.69) is 0 Å². The average Bonchev–Trinajstić information content (AvgIpc) is 2.70. The van der Waals surface area contributed by atoms with Crippen molar-refractivity contribution in [3.05, 3.63) is 70.2 Å². The second kappa shape index (κ2) is 4.80. The SMILES string of the molecule is CC1=CC(=C2C(=O)c3ccccc3C2=O)C=C(C(C)(C)C)O1. The highest BCUT2D eigenvalue weighted by atomic mass is 16.5. The summed E-state index contributed by atoms with van der Waals surface area (Å²) < 4.78 is 5.75. The van der Waals surface area contributed by atoms with Gasteiger partial charge in [-0.2, -0.15) is 0 Å². The Kier molecular flexibility index (Phi) is 3.17. The van der Waals surface area contributed by atoms with E-state index in [9.17, 15) is 9.59 Å². The van der Waals surface area contributed by atoms with Crippen LogP contribution in [0.3, 0.4) is 0 Å². The van der Waals surface area contributed by atoms with Gasteiger partial charge in [0.15, 0.2) is 11.6 Å². The molecule has 0 spiro atoms. The van der Waals surface area contributed by atoms with E-state index in [1.165, 1.54) is 0 Å². The third-order valence-corrected chi connectivity index (χ3v) is 3.81. The molecule has 0 aromatic heterocycles.